The van der Waals surface area contributed by atoms with Crippen molar-refractivity contribution < 1.29 is 9.90 Å². The van der Waals surface area contributed by atoms with Crippen LogP contribution < -0.4 is 5.73 Å². The van der Waals surface area contributed by atoms with Crippen LogP contribution in [0.5, 0.6) is 0 Å². The fraction of sp³-hybridized carbons (Fsp3) is 0.917. The van der Waals surface area contributed by atoms with E-state index in [0.29, 0.717) is 18.4 Å². The van der Waals surface area contributed by atoms with Gasteiger partial charge in [-0.1, -0.05) is 13.3 Å². The minimum atomic E-state index is -0.346. The Hall–Kier alpha value is -0.610. The van der Waals surface area contributed by atoms with Gasteiger partial charge < -0.3 is 15.7 Å². The Morgan fingerprint density at radius 3 is 2.88 bits per heavy atom. The van der Waals surface area contributed by atoms with Gasteiger partial charge in [-0.2, -0.15) is 0 Å². The van der Waals surface area contributed by atoms with Gasteiger partial charge in [0.1, 0.15) is 0 Å². The summed E-state index contributed by atoms with van der Waals surface area (Å²) < 4.78 is 0. The monoisotopic (exact) mass is 226 g/mol. The SMILES string of the molecule is CCC[C@H](N)C(=O)N1CC2CCC(O)C2C1. The molecule has 0 aromatic rings. The Balaban J connectivity index is 1.91. The lowest BCUT2D eigenvalue weighted by Crippen LogP contribution is -2.43. The molecular weight excluding hydrogens is 204 g/mol. The maximum absolute atomic E-state index is 12.0. The predicted molar refractivity (Wildman–Crippen MR) is 61.7 cm³/mol. The molecule has 2 rings (SSSR count). The predicted octanol–water partition coefficient (Wildman–Crippen LogP) is 0.343. The first-order valence-corrected chi connectivity index (χ1v) is 6.36. The number of rotatable bonds is 3. The first-order valence-electron chi connectivity index (χ1n) is 6.36. The summed E-state index contributed by atoms with van der Waals surface area (Å²) in [5.41, 5.74) is 5.84. The zero-order chi connectivity index (χ0) is 11.7. The average Bonchev–Trinajstić information content (AvgIpc) is 2.81. The molecule has 2 aliphatic rings. The molecule has 4 heteroatoms. The normalized spacial score (nSPS) is 35.2. The molecule has 1 saturated carbocycles. The van der Waals surface area contributed by atoms with E-state index in [-0.39, 0.29) is 18.1 Å². The van der Waals surface area contributed by atoms with Crippen LogP contribution in [-0.4, -0.2) is 41.1 Å². The minimum absolute atomic E-state index is 0.0726. The number of hydrogen-bond acceptors (Lipinski definition) is 3. The van der Waals surface area contributed by atoms with Crippen molar-refractivity contribution in [2.24, 2.45) is 17.6 Å². The van der Waals surface area contributed by atoms with E-state index in [1.165, 1.54) is 0 Å². The molecule has 1 amide bonds. The van der Waals surface area contributed by atoms with Crippen LogP contribution in [0.15, 0.2) is 0 Å². The molecule has 0 aromatic heterocycles. The van der Waals surface area contributed by atoms with Crippen molar-refractivity contribution in [3.05, 3.63) is 0 Å². The van der Waals surface area contributed by atoms with E-state index in [4.69, 9.17) is 5.73 Å². The van der Waals surface area contributed by atoms with Gasteiger partial charge in [0.2, 0.25) is 5.91 Å². The maximum Gasteiger partial charge on any atom is 0.239 e. The van der Waals surface area contributed by atoms with Crippen LogP contribution in [0, 0.1) is 11.8 Å². The molecule has 0 radical (unpaired) electrons. The number of likely N-dealkylation sites (tertiary alicyclic amines) is 1. The average molecular weight is 226 g/mol. The summed E-state index contributed by atoms with van der Waals surface area (Å²) >= 11 is 0. The summed E-state index contributed by atoms with van der Waals surface area (Å²) in [5, 5.41) is 9.77. The molecule has 16 heavy (non-hydrogen) atoms. The third kappa shape index (κ3) is 2.09. The highest BCUT2D eigenvalue weighted by atomic mass is 16.3. The second-order valence-electron chi connectivity index (χ2n) is 5.21. The molecule has 4 nitrogen and oxygen atoms in total. The highest BCUT2D eigenvalue weighted by Crippen LogP contribution is 2.38. The first-order chi connectivity index (χ1) is 7.63. The maximum atomic E-state index is 12.0. The Morgan fingerprint density at radius 1 is 1.50 bits per heavy atom. The quantitative estimate of drug-likeness (QED) is 0.729. The van der Waals surface area contributed by atoms with Gasteiger partial charge in [-0.15, -0.1) is 0 Å². The summed E-state index contributed by atoms with van der Waals surface area (Å²) in [7, 11) is 0. The molecule has 1 aliphatic heterocycles. The van der Waals surface area contributed by atoms with Crippen LogP contribution >= 0.6 is 0 Å². The number of aliphatic hydroxyl groups is 1. The Morgan fingerprint density at radius 2 is 2.25 bits per heavy atom. The zero-order valence-electron chi connectivity index (χ0n) is 9.93. The van der Waals surface area contributed by atoms with Gasteiger partial charge in [-0.05, 0) is 25.2 Å². The molecule has 3 N–H and O–H groups in total. The summed E-state index contributed by atoms with van der Waals surface area (Å²) in [6.45, 7) is 3.55. The molecule has 1 aliphatic carbocycles. The summed E-state index contributed by atoms with van der Waals surface area (Å²) in [6.07, 6.45) is 3.45. The number of carbonyl (C=O) groups is 1. The van der Waals surface area contributed by atoms with Crippen molar-refractivity contribution in [2.75, 3.05) is 13.1 Å². The summed E-state index contributed by atoms with van der Waals surface area (Å²) in [5.74, 6) is 0.883. The molecule has 1 heterocycles. The van der Waals surface area contributed by atoms with Gasteiger partial charge in [0.15, 0.2) is 0 Å². The van der Waals surface area contributed by atoms with Crippen molar-refractivity contribution in [3.63, 3.8) is 0 Å². The van der Waals surface area contributed by atoms with E-state index in [1.54, 1.807) is 0 Å². The van der Waals surface area contributed by atoms with Gasteiger partial charge in [0, 0.05) is 19.0 Å². The van der Waals surface area contributed by atoms with Crippen LogP contribution in [-0.2, 0) is 4.79 Å². The third-order valence-electron chi connectivity index (χ3n) is 4.05. The van der Waals surface area contributed by atoms with Gasteiger partial charge in [0.25, 0.3) is 0 Å². The fourth-order valence-corrected chi connectivity index (χ4v) is 3.09. The number of hydrogen-bond donors (Lipinski definition) is 2. The largest absolute Gasteiger partial charge is 0.393 e. The number of aliphatic hydroxyl groups excluding tert-OH is 1. The smallest absolute Gasteiger partial charge is 0.239 e. The van der Waals surface area contributed by atoms with Crippen molar-refractivity contribution in [1.29, 1.82) is 0 Å². The van der Waals surface area contributed by atoms with Crippen molar-refractivity contribution >= 4 is 5.91 Å². The van der Waals surface area contributed by atoms with Crippen LogP contribution in [0.25, 0.3) is 0 Å². The molecule has 2 fully saturated rings. The highest BCUT2D eigenvalue weighted by Gasteiger charge is 2.43. The number of amides is 1. The fourth-order valence-electron chi connectivity index (χ4n) is 3.09. The van der Waals surface area contributed by atoms with Gasteiger partial charge in [0.05, 0.1) is 12.1 Å². The van der Waals surface area contributed by atoms with E-state index < -0.39 is 0 Å². The topological polar surface area (TPSA) is 66.6 Å². The molecule has 0 bridgehead atoms. The van der Waals surface area contributed by atoms with Gasteiger partial charge >= 0.3 is 0 Å². The Labute approximate surface area is 96.8 Å². The molecule has 3 unspecified atom stereocenters. The van der Waals surface area contributed by atoms with Crippen molar-refractivity contribution in [1.82, 2.24) is 4.90 Å². The third-order valence-corrected chi connectivity index (χ3v) is 4.05. The molecule has 0 spiro atoms. The second kappa shape index (κ2) is 4.72. The highest BCUT2D eigenvalue weighted by molar-refractivity contribution is 5.81. The van der Waals surface area contributed by atoms with Crippen LogP contribution in [0.3, 0.4) is 0 Å². The molecule has 92 valence electrons. The van der Waals surface area contributed by atoms with Crippen LogP contribution in [0.2, 0.25) is 0 Å². The first kappa shape index (κ1) is 11.9. The zero-order valence-corrected chi connectivity index (χ0v) is 9.93. The van der Waals surface area contributed by atoms with Crippen molar-refractivity contribution in [2.45, 2.75) is 44.8 Å². The van der Waals surface area contributed by atoms with E-state index in [9.17, 15) is 9.90 Å². The van der Waals surface area contributed by atoms with Gasteiger partial charge in [-0.3, -0.25) is 4.79 Å². The molecular formula is C12H22N2O2. The number of carbonyl (C=O) groups excluding carboxylic acids is 1. The van der Waals surface area contributed by atoms with E-state index >= 15 is 0 Å². The lowest BCUT2D eigenvalue weighted by Gasteiger charge is -2.22. The molecule has 1 saturated heterocycles. The molecule has 4 atom stereocenters. The van der Waals surface area contributed by atoms with Crippen LogP contribution in [0.1, 0.15) is 32.6 Å². The number of nitrogens with zero attached hydrogens (tertiary/aromatic N) is 1. The number of fused-ring (bicyclic) bond motifs is 1. The second-order valence-corrected chi connectivity index (χ2v) is 5.21. The minimum Gasteiger partial charge on any atom is -0.393 e. The van der Waals surface area contributed by atoms with E-state index in [2.05, 4.69) is 0 Å². The molecule has 0 aromatic carbocycles. The lowest BCUT2D eigenvalue weighted by molar-refractivity contribution is -0.132. The Kier molecular flexibility index (Phi) is 3.50. The lowest BCUT2D eigenvalue weighted by atomic mass is 10.00. The standard InChI is InChI=1S/C12H22N2O2/c1-2-3-10(13)12(16)14-6-8-4-5-11(15)9(8)7-14/h8-11,15H,2-7,13H2,1H3/t8?,9?,10-,11?/m0/s1. The van der Waals surface area contributed by atoms with Crippen molar-refractivity contribution in [3.8, 4) is 0 Å². The van der Waals surface area contributed by atoms with Gasteiger partial charge in [-0.25, -0.2) is 0 Å². The van der Waals surface area contributed by atoms with Crippen LogP contribution in [0.4, 0.5) is 0 Å². The number of nitrogens with two attached hydrogens (primary N) is 1. The van der Waals surface area contributed by atoms with E-state index in [0.717, 1.165) is 32.2 Å². The van der Waals surface area contributed by atoms with E-state index in [1.807, 2.05) is 11.8 Å². The summed E-state index contributed by atoms with van der Waals surface area (Å²) in [4.78, 5) is 13.9. The summed E-state index contributed by atoms with van der Waals surface area (Å²) in [6, 6.07) is -0.346. The Bertz CT molecular complexity index is 270.